The fraction of sp³-hybridized carbons (Fsp3) is 0.385. The first-order chi connectivity index (χ1) is 9.43. The van der Waals surface area contributed by atoms with Crippen LogP contribution in [0.25, 0.3) is 0 Å². The summed E-state index contributed by atoms with van der Waals surface area (Å²) < 4.78 is 33.1. The van der Waals surface area contributed by atoms with Crippen LogP contribution in [0, 0.1) is 0 Å². The van der Waals surface area contributed by atoms with E-state index in [1.165, 1.54) is 12.1 Å². The molecule has 1 unspecified atom stereocenters. The Bertz CT molecular complexity index is 506. The molecule has 5 nitrogen and oxygen atoms in total. The van der Waals surface area contributed by atoms with Crippen LogP contribution in [0.4, 0.5) is 8.78 Å². The largest absolute Gasteiger partial charge is 0.479 e. The molecule has 1 aromatic carbocycles. The zero-order valence-electron chi connectivity index (χ0n) is 10.5. The van der Waals surface area contributed by atoms with Gasteiger partial charge >= 0.3 is 11.9 Å². The summed E-state index contributed by atoms with van der Waals surface area (Å²) in [6.45, 7) is -0.505. The molecule has 1 aliphatic heterocycles. The SMILES string of the molecule is O=C(O)C1CN(C(=O)C(F)(F)c2ccccc2)CCO1. The lowest BCUT2D eigenvalue weighted by Gasteiger charge is -2.33. The Morgan fingerprint density at radius 3 is 2.55 bits per heavy atom. The molecule has 0 bridgehead atoms. The third-order valence-corrected chi connectivity index (χ3v) is 3.03. The summed E-state index contributed by atoms with van der Waals surface area (Å²) in [7, 11) is 0. The molecule has 0 saturated carbocycles. The van der Waals surface area contributed by atoms with E-state index < -0.39 is 29.5 Å². The number of carbonyl (C=O) groups excluding carboxylic acids is 1. The van der Waals surface area contributed by atoms with Crippen molar-refractivity contribution in [2.75, 3.05) is 19.7 Å². The highest BCUT2D eigenvalue weighted by molar-refractivity contribution is 5.85. The van der Waals surface area contributed by atoms with Crippen LogP contribution in [0.2, 0.25) is 0 Å². The summed E-state index contributed by atoms with van der Waals surface area (Å²) >= 11 is 0. The van der Waals surface area contributed by atoms with Crippen molar-refractivity contribution in [3.63, 3.8) is 0 Å². The second-order valence-corrected chi connectivity index (χ2v) is 4.39. The van der Waals surface area contributed by atoms with E-state index in [0.717, 1.165) is 17.0 Å². The molecule has 0 spiro atoms. The van der Waals surface area contributed by atoms with Crippen LogP contribution in [0.5, 0.6) is 0 Å². The van der Waals surface area contributed by atoms with E-state index in [9.17, 15) is 18.4 Å². The molecule has 1 aliphatic rings. The van der Waals surface area contributed by atoms with Crippen LogP contribution < -0.4 is 0 Å². The van der Waals surface area contributed by atoms with Crippen molar-refractivity contribution in [1.82, 2.24) is 4.90 Å². The van der Waals surface area contributed by atoms with Crippen LogP contribution in [-0.2, 0) is 20.2 Å². The monoisotopic (exact) mass is 285 g/mol. The molecule has 0 radical (unpaired) electrons. The topological polar surface area (TPSA) is 66.8 Å². The minimum Gasteiger partial charge on any atom is -0.479 e. The van der Waals surface area contributed by atoms with Gasteiger partial charge in [-0.05, 0) is 0 Å². The maximum atomic E-state index is 14.1. The molecule has 1 aromatic rings. The number of alkyl halides is 2. The lowest BCUT2D eigenvalue weighted by molar-refractivity contribution is -0.172. The number of hydrogen-bond donors (Lipinski definition) is 1. The van der Waals surface area contributed by atoms with Gasteiger partial charge in [0.15, 0.2) is 6.10 Å². The van der Waals surface area contributed by atoms with Crippen molar-refractivity contribution in [3.8, 4) is 0 Å². The maximum absolute atomic E-state index is 14.1. The van der Waals surface area contributed by atoms with E-state index in [4.69, 9.17) is 9.84 Å². The number of carboxylic acids is 1. The molecule has 1 atom stereocenters. The first kappa shape index (κ1) is 14.4. The van der Waals surface area contributed by atoms with Crippen LogP contribution >= 0.6 is 0 Å². The van der Waals surface area contributed by atoms with Gasteiger partial charge in [-0.3, -0.25) is 4.79 Å². The molecular weight excluding hydrogens is 272 g/mol. The van der Waals surface area contributed by atoms with Gasteiger partial charge in [0, 0.05) is 12.1 Å². The van der Waals surface area contributed by atoms with E-state index in [1.54, 1.807) is 6.07 Å². The molecule has 1 saturated heterocycles. The van der Waals surface area contributed by atoms with Crippen molar-refractivity contribution in [1.29, 1.82) is 0 Å². The van der Waals surface area contributed by atoms with Crippen molar-refractivity contribution in [3.05, 3.63) is 35.9 Å². The van der Waals surface area contributed by atoms with Gasteiger partial charge in [-0.2, -0.15) is 8.78 Å². The average molecular weight is 285 g/mol. The molecule has 1 N–H and O–H groups in total. The standard InChI is InChI=1S/C13H13F2NO4/c14-13(15,9-4-2-1-3-5-9)12(19)16-6-7-20-10(8-16)11(17)18/h1-5,10H,6-8H2,(H,17,18). The summed E-state index contributed by atoms with van der Waals surface area (Å²) in [6.07, 6.45) is -1.26. The quantitative estimate of drug-likeness (QED) is 0.902. The van der Waals surface area contributed by atoms with Gasteiger partial charge in [-0.15, -0.1) is 0 Å². The van der Waals surface area contributed by atoms with Crippen LogP contribution in [0.15, 0.2) is 30.3 Å². The zero-order chi connectivity index (χ0) is 14.8. The maximum Gasteiger partial charge on any atom is 0.349 e. The van der Waals surface area contributed by atoms with E-state index in [2.05, 4.69) is 0 Å². The molecule has 20 heavy (non-hydrogen) atoms. The Hall–Kier alpha value is -2.02. The number of amides is 1. The highest BCUT2D eigenvalue weighted by Gasteiger charge is 2.45. The third-order valence-electron chi connectivity index (χ3n) is 3.03. The Balaban J connectivity index is 2.16. The number of hydrogen-bond acceptors (Lipinski definition) is 3. The summed E-state index contributed by atoms with van der Waals surface area (Å²) in [4.78, 5) is 23.5. The number of ether oxygens (including phenoxy) is 1. The lowest BCUT2D eigenvalue weighted by atomic mass is 10.1. The number of aliphatic carboxylic acids is 1. The molecule has 7 heteroatoms. The van der Waals surface area contributed by atoms with Crippen LogP contribution in [0.1, 0.15) is 5.56 Å². The predicted octanol–water partition coefficient (Wildman–Crippen LogP) is 1.09. The Kier molecular flexibility index (Phi) is 3.99. The van der Waals surface area contributed by atoms with Gasteiger partial charge in [0.25, 0.3) is 5.91 Å². The van der Waals surface area contributed by atoms with E-state index in [-0.39, 0.29) is 19.7 Å². The minimum atomic E-state index is -3.68. The molecule has 1 amide bonds. The van der Waals surface area contributed by atoms with Crippen molar-refractivity contribution < 1.29 is 28.2 Å². The Morgan fingerprint density at radius 1 is 1.30 bits per heavy atom. The smallest absolute Gasteiger partial charge is 0.349 e. The molecule has 0 aromatic heterocycles. The molecular formula is C13H13F2NO4. The van der Waals surface area contributed by atoms with Crippen molar-refractivity contribution in [2.45, 2.75) is 12.0 Å². The van der Waals surface area contributed by atoms with Crippen LogP contribution in [0.3, 0.4) is 0 Å². The van der Waals surface area contributed by atoms with Gasteiger partial charge in [-0.25, -0.2) is 4.79 Å². The molecule has 1 fully saturated rings. The summed E-state index contributed by atoms with van der Waals surface area (Å²) in [6, 6.07) is 6.71. The summed E-state index contributed by atoms with van der Waals surface area (Å²) in [5.41, 5.74) is -0.414. The number of carbonyl (C=O) groups is 2. The molecule has 2 rings (SSSR count). The lowest BCUT2D eigenvalue weighted by Crippen LogP contribution is -2.52. The van der Waals surface area contributed by atoms with Gasteiger partial charge in [-0.1, -0.05) is 30.3 Å². The predicted molar refractivity (Wildman–Crippen MR) is 64.3 cm³/mol. The van der Waals surface area contributed by atoms with Gasteiger partial charge in [0.2, 0.25) is 0 Å². The highest BCUT2D eigenvalue weighted by Crippen LogP contribution is 2.30. The van der Waals surface area contributed by atoms with Gasteiger partial charge < -0.3 is 14.7 Å². The molecule has 108 valence electrons. The van der Waals surface area contributed by atoms with Crippen LogP contribution in [-0.4, -0.2) is 47.7 Å². The normalized spacial score (nSPS) is 19.7. The molecule has 1 heterocycles. The number of morpholine rings is 1. The van der Waals surface area contributed by atoms with E-state index >= 15 is 0 Å². The molecule has 0 aliphatic carbocycles. The van der Waals surface area contributed by atoms with Crippen molar-refractivity contribution >= 4 is 11.9 Å². The number of halogens is 2. The first-order valence-corrected chi connectivity index (χ1v) is 6.00. The summed E-state index contributed by atoms with van der Waals surface area (Å²) in [5, 5.41) is 8.81. The zero-order valence-corrected chi connectivity index (χ0v) is 10.5. The van der Waals surface area contributed by atoms with Crippen molar-refractivity contribution in [2.24, 2.45) is 0 Å². The Morgan fingerprint density at radius 2 is 1.95 bits per heavy atom. The van der Waals surface area contributed by atoms with E-state index in [1.807, 2.05) is 0 Å². The Labute approximate surface area is 113 Å². The fourth-order valence-corrected chi connectivity index (χ4v) is 1.95. The third kappa shape index (κ3) is 2.77. The first-order valence-electron chi connectivity index (χ1n) is 6.00. The van der Waals surface area contributed by atoms with E-state index in [0.29, 0.717) is 0 Å². The summed E-state index contributed by atoms with van der Waals surface area (Å²) in [5.74, 6) is -6.36. The number of nitrogens with zero attached hydrogens (tertiary/aromatic N) is 1. The second-order valence-electron chi connectivity index (χ2n) is 4.39. The average Bonchev–Trinajstić information content (AvgIpc) is 2.47. The highest BCUT2D eigenvalue weighted by atomic mass is 19.3. The van der Waals surface area contributed by atoms with Gasteiger partial charge in [0.05, 0.1) is 13.2 Å². The second kappa shape index (κ2) is 5.54. The number of carboxylic acid groups (broad SMARTS) is 1. The van der Waals surface area contributed by atoms with Gasteiger partial charge in [0.1, 0.15) is 0 Å². The minimum absolute atomic E-state index is 0.0506. The number of benzene rings is 1. The number of rotatable bonds is 3. The fourth-order valence-electron chi connectivity index (χ4n) is 1.95.